The summed E-state index contributed by atoms with van der Waals surface area (Å²) < 4.78 is 0. The van der Waals surface area contributed by atoms with E-state index in [1.807, 2.05) is 6.92 Å². The predicted octanol–water partition coefficient (Wildman–Crippen LogP) is 3.55. The molecule has 1 aromatic rings. The lowest BCUT2D eigenvalue weighted by molar-refractivity contribution is 0.373. The number of hydrogen-bond acceptors (Lipinski definition) is 4. The molecule has 0 bridgehead atoms. The van der Waals surface area contributed by atoms with Crippen LogP contribution in [0.5, 0.6) is 0 Å². The van der Waals surface area contributed by atoms with Crippen LogP contribution in [0.4, 0.5) is 11.8 Å². The third kappa shape index (κ3) is 3.73. The zero-order chi connectivity index (χ0) is 12.8. The summed E-state index contributed by atoms with van der Waals surface area (Å²) in [7, 11) is 0. The summed E-state index contributed by atoms with van der Waals surface area (Å²) in [4.78, 5) is 8.51. The third-order valence-corrected chi connectivity index (χ3v) is 3.64. The summed E-state index contributed by atoms with van der Waals surface area (Å²) in [5.41, 5.74) is 0. The van der Waals surface area contributed by atoms with Gasteiger partial charge in [0.15, 0.2) is 0 Å². The van der Waals surface area contributed by atoms with E-state index in [-0.39, 0.29) is 0 Å². The van der Waals surface area contributed by atoms with Crippen LogP contribution in [0.1, 0.15) is 39.0 Å². The van der Waals surface area contributed by atoms with Crippen molar-refractivity contribution in [2.45, 2.75) is 39.0 Å². The first kappa shape index (κ1) is 13.4. The lowest BCUT2D eigenvalue weighted by Gasteiger charge is -2.22. The predicted molar refractivity (Wildman–Crippen MR) is 76.3 cm³/mol. The molecule has 0 amide bonds. The minimum absolute atomic E-state index is 0.590. The van der Waals surface area contributed by atoms with Crippen LogP contribution in [0.15, 0.2) is 6.20 Å². The lowest BCUT2D eigenvalue weighted by Crippen LogP contribution is -2.18. The Kier molecular flexibility index (Phi) is 5.05. The summed E-state index contributed by atoms with van der Waals surface area (Å²) in [6.45, 7) is 3.79. The number of hydrogen-bond donors (Lipinski definition) is 2. The van der Waals surface area contributed by atoms with Gasteiger partial charge in [-0.1, -0.05) is 30.9 Å². The summed E-state index contributed by atoms with van der Waals surface area (Å²) >= 11 is 6.10. The van der Waals surface area contributed by atoms with Crippen molar-refractivity contribution >= 4 is 23.4 Å². The molecule has 0 spiro atoms. The van der Waals surface area contributed by atoms with E-state index in [1.165, 1.54) is 32.1 Å². The number of nitrogens with one attached hydrogen (secondary N) is 2. The van der Waals surface area contributed by atoms with Gasteiger partial charge in [-0.05, 0) is 25.7 Å². The largest absolute Gasteiger partial charge is 0.368 e. The number of aromatic nitrogens is 2. The maximum atomic E-state index is 6.10. The molecule has 0 radical (unpaired) electrons. The van der Waals surface area contributed by atoms with Gasteiger partial charge in [0.05, 0.1) is 6.20 Å². The van der Waals surface area contributed by atoms with Crippen molar-refractivity contribution in [1.29, 1.82) is 0 Å². The van der Waals surface area contributed by atoms with Crippen LogP contribution in [0.3, 0.4) is 0 Å². The highest BCUT2D eigenvalue weighted by molar-refractivity contribution is 6.32. The molecule has 100 valence electrons. The van der Waals surface area contributed by atoms with Gasteiger partial charge in [0, 0.05) is 13.1 Å². The monoisotopic (exact) mass is 268 g/mol. The Bertz CT molecular complexity index is 377. The zero-order valence-corrected chi connectivity index (χ0v) is 11.6. The molecule has 5 heteroatoms. The molecular formula is C13H21ClN4. The van der Waals surface area contributed by atoms with Crippen LogP contribution in [-0.2, 0) is 0 Å². The van der Waals surface area contributed by atoms with Crippen molar-refractivity contribution in [3.63, 3.8) is 0 Å². The molecule has 1 aliphatic rings. The molecule has 1 heterocycles. The quantitative estimate of drug-likeness (QED) is 0.857. The summed E-state index contributed by atoms with van der Waals surface area (Å²) in [5.74, 6) is 2.13. The summed E-state index contributed by atoms with van der Waals surface area (Å²) in [6, 6.07) is 0. The van der Waals surface area contributed by atoms with E-state index in [0.717, 1.165) is 24.8 Å². The topological polar surface area (TPSA) is 49.8 Å². The Hall–Kier alpha value is -1.03. The third-order valence-electron chi connectivity index (χ3n) is 3.36. The number of rotatable bonds is 5. The molecule has 1 aromatic heterocycles. The maximum absolute atomic E-state index is 6.10. The van der Waals surface area contributed by atoms with E-state index in [9.17, 15) is 0 Å². The minimum atomic E-state index is 0.590. The minimum Gasteiger partial charge on any atom is -0.368 e. The molecule has 2 rings (SSSR count). The Morgan fingerprint density at radius 3 is 2.78 bits per heavy atom. The smallest absolute Gasteiger partial charge is 0.224 e. The zero-order valence-electron chi connectivity index (χ0n) is 10.9. The first-order valence-corrected chi connectivity index (χ1v) is 7.17. The van der Waals surface area contributed by atoms with E-state index in [2.05, 4.69) is 20.6 Å². The van der Waals surface area contributed by atoms with Gasteiger partial charge in [-0.25, -0.2) is 4.98 Å². The molecule has 18 heavy (non-hydrogen) atoms. The molecule has 1 saturated carbocycles. The second-order valence-corrected chi connectivity index (χ2v) is 5.21. The van der Waals surface area contributed by atoms with Crippen LogP contribution in [-0.4, -0.2) is 23.1 Å². The van der Waals surface area contributed by atoms with Gasteiger partial charge in [-0.2, -0.15) is 4.98 Å². The van der Waals surface area contributed by atoms with E-state index in [4.69, 9.17) is 11.6 Å². The Morgan fingerprint density at radius 2 is 2.06 bits per heavy atom. The van der Waals surface area contributed by atoms with Gasteiger partial charge in [0.2, 0.25) is 5.95 Å². The molecule has 1 fully saturated rings. The van der Waals surface area contributed by atoms with Crippen LogP contribution < -0.4 is 10.6 Å². The van der Waals surface area contributed by atoms with Gasteiger partial charge in [-0.3, -0.25) is 0 Å². The summed E-state index contributed by atoms with van der Waals surface area (Å²) in [5, 5.41) is 7.04. The molecule has 0 atom stereocenters. The van der Waals surface area contributed by atoms with Gasteiger partial charge in [0.25, 0.3) is 0 Å². The van der Waals surface area contributed by atoms with Crippen LogP contribution in [0.2, 0.25) is 5.02 Å². The van der Waals surface area contributed by atoms with E-state index in [0.29, 0.717) is 11.0 Å². The van der Waals surface area contributed by atoms with Gasteiger partial charge >= 0.3 is 0 Å². The average molecular weight is 269 g/mol. The molecule has 2 N–H and O–H groups in total. The maximum Gasteiger partial charge on any atom is 0.224 e. The molecule has 0 unspecified atom stereocenters. The van der Waals surface area contributed by atoms with Crippen molar-refractivity contribution in [2.24, 2.45) is 5.92 Å². The highest BCUT2D eigenvalue weighted by Gasteiger charge is 2.14. The van der Waals surface area contributed by atoms with Crippen LogP contribution >= 0.6 is 11.6 Å². The standard InChI is InChI=1S/C13H21ClN4/c1-2-15-13-17-9-11(14)12(18-13)16-8-10-6-4-3-5-7-10/h9-10H,2-8H2,1H3,(H2,15,16,17,18). The fourth-order valence-electron chi connectivity index (χ4n) is 2.37. The fourth-order valence-corrected chi connectivity index (χ4v) is 2.52. The summed E-state index contributed by atoms with van der Waals surface area (Å²) in [6.07, 6.45) is 8.37. The molecule has 4 nitrogen and oxygen atoms in total. The van der Waals surface area contributed by atoms with Crippen molar-refractivity contribution in [3.8, 4) is 0 Å². The van der Waals surface area contributed by atoms with Crippen molar-refractivity contribution in [3.05, 3.63) is 11.2 Å². The van der Waals surface area contributed by atoms with Gasteiger partial charge < -0.3 is 10.6 Å². The average Bonchev–Trinajstić information content (AvgIpc) is 2.41. The van der Waals surface area contributed by atoms with Gasteiger partial charge in [-0.15, -0.1) is 0 Å². The van der Waals surface area contributed by atoms with E-state index in [1.54, 1.807) is 6.20 Å². The second-order valence-electron chi connectivity index (χ2n) is 4.81. The Morgan fingerprint density at radius 1 is 1.28 bits per heavy atom. The number of nitrogens with zero attached hydrogens (tertiary/aromatic N) is 2. The highest BCUT2D eigenvalue weighted by Crippen LogP contribution is 2.25. The molecule has 1 aliphatic carbocycles. The first-order valence-electron chi connectivity index (χ1n) is 6.80. The van der Waals surface area contributed by atoms with Crippen LogP contribution in [0.25, 0.3) is 0 Å². The number of anilines is 2. The SMILES string of the molecule is CCNc1ncc(Cl)c(NCC2CCCCC2)n1. The highest BCUT2D eigenvalue weighted by atomic mass is 35.5. The van der Waals surface area contributed by atoms with E-state index < -0.39 is 0 Å². The second kappa shape index (κ2) is 6.78. The molecular weight excluding hydrogens is 248 g/mol. The Labute approximate surface area is 114 Å². The number of halogens is 1. The molecule has 0 saturated heterocycles. The van der Waals surface area contributed by atoms with Crippen LogP contribution in [0, 0.1) is 5.92 Å². The van der Waals surface area contributed by atoms with E-state index >= 15 is 0 Å². The normalized spacial score (nSPS) is 16.6. The molecule has 0 aromatic carbocycles. The lowest BCUT2D eigenvalue weighted by atomic mass is 9.89. The van der Waals surface area contributed by atoms with Crippen molar-refractivity contribution in [1.82, 2.24) is 9.97 Å². The Balaban J connectivity index is 1.92. The first-order chi connectivity index (χ1) is 8.79. The van der Waals surface area contributed by atoms with Crippen molar-refractivity contribution < 1.29 is 0 Å². The molecule has 0 aliphatic heterocycles. The van der Waals surface area contributed by atoms with Crippen molar-refractivity contribution in [2.75, 3.05) is 23.7 Å². The fraction of sp³-hybridized carbons (Fsp3) is 0.692. The van der Waals surface area contributed by atoms with Gasteiger partial charge in [0.1, 0.15) is 10.8 Å².